The van der Waals surface area contributed by atoms with E-state index >= 15 is 0 Å². The lowest BCUT2D eigenvalue weighted by atomic mass is 10.3. The molecule has 1 aromatic rings. The fourth-order valence-corrected chi connectivity index (χ4v) is 1.64. The molecule has 1 aromatic carbocycles. The highest BCUT2D eigenvalue weighted by Crippen LogP contribution is 2.10. The van der Waals surface area contributed by atoms with Crippen molar-refractivity contribution in [2.24, 2.45) is 0 Å². The quantitative estimate of drug-likeness (QED) is 0.607. The van der Waals surface area contributed by atoms with Crippen LogP contribution in [-0.4, -0.2) is 41.7 Å². The molecule has 0 aromatic heterocycles. The monoisotopic (exact) mass is 236 g/mol. The smallest absolute Gasteiger partial charge is 0.253 e. The number of aliphatic hydroxyl groups is 1. The molecule has 0 unspecified atom stereocenters. The standard InChI is InChI=1S/C12H14NO4/c14-10-6-7-13(8-10)12(15)9-16-17-11-4-2-1-3-5-11/h1-2,4-5,10,14H,6-9H2/t10-/m0/s1. The van der Waals surface area contributed by atoms with E-state index in [1.807, 2.05) is 0 Å². The summed E-state index contributed by atoms with van der Waals surface area (Å²) in [5, 5.41) is 9.28. The first-order chi connectivity index (χ1) is 8.25. The number of carbonyl (C=O) groups is 1. The molecule has 1 aliphatic heterocycles. The van der Waals surface area contributed by atoms with Gasteiger partial charge in [0, 0.05) is 13.1 Å². The van der Waals surface area contributed by atoms with Crippen LogP contribution in [0.1, 0.15) is 6.42 Å². The molecule has 2 rings (SSSR count). The van der Waals surface area contributed by atoms with Crippen LogP contribution >= 0.6 is 0 Å². The molecule has 1 N–H and O–H groups in total. The Bertz CT molecular complexity index is 368. The Balaban J connectivity index is 1.70. The van der Waals surface area contributed by atoms with E-state index < -0.39 is 6.10 Å². The molecule has 1 atom stereocenters. The van der Waals surface area contributed by atoms with Gasteiger partial charge < -0.3 is 14.9 Å². The van der Waals surface area contributed by atoms with Crippen LogP contribution < -0.4 is 4.89 Å². The molecule has 1 saturated heterocycles. The van der Waals surface area contributed by atoms with Gasteiger partial charge in [-0.05, 0) is 24.6 Å². The van der Waals surface area contributed by atoms with Crippen molar-refractivity contribution in [2.75, 3.05) is 19.7 Å². The van der Waals surface area contributed by atoms with Gasteiger partial charge in [-0.3, -0.25) is 4.79 Å². The minimum Gasteiger partial charge on any atom is -0.391 e. The van der Waals surface area contributed by atoms with Gasteiger partial charge in [-0.25, -0.2) is 0 Å². The molecule has 1 fully saturated rings. The first-order valence-electron chi connectivity index (χ1n) is 5.47. The van der Waals surface area contributed by atoms with Gasteiger partial charge in [0.05, 0.1) is 6.10 Å². The topological polar surface area (TPSA) is 59.0 Å². The van der Waals surface area contributed by atoms with Gasteiger partial charge in [-0.2, -0.15) is 4.89 Å². The van der Waals surface area contributed by atoms with Crippen molar-refractivity contribution in [1.82, 2.24) is 4.90 Å². The number of likely N-dealkylation sites (tertiary alicyclic amines) is 1. The third-order valence-electron chi connectivity index (χ3n) is 2.53. The first-order valence-corrected chi connectivity index (χ1v) is 5.47. The van der Waals surface area contributed by atoms with Crippen LogP contribution in [0, 0.1) is 6.07 Å². The molecule has 0 aliphatic carbocycles. The minimum atomic E-state index is -0.413. The molecule has 0 spiro atoms. The van der Waals surface area contributed by atoms with E-state index in [4.69, 9.17) is 9.78 Å². The van der Waals surface area contributed by atoms with Crippen LogP contribution in [-0.2, 0) is 9.68 Å². The summed E-state index contributed by atoms with van der Waals surface area (Å²) >= 11 is 0. The summed E-state index contributed by atoms with van der Waals surface area (Å²) in [6, 6.07) is 9.65. The summed E-state index contributed by atoms with van der Waals surface area (Å²) in [7, 11) is 0. The predicted molar refractivity (Wildman–Crippen MR) is 59.1 cm³/mol. The molecule has 5 nitrogen and oxygen atoms in total. The lowest BCUT2D eigenvalue weighted by molar-refractivity contribution is -0.210. The Morgan fingerprint density at radius 3 is 3.18 bits per heavy atom. The van der Waals surface area contributed by atoms with Crippen LogP contribution in [0.4, 0.5) is 0 Å². The molecule has 1 radical (unpaired) electrons. The maximum Gasteiger partial charge on any atom is 0.253 e. The number of β-amino-alcohol motifs (C(OH)–C–C–N with tert-alkyl or cyclic N) is 1. The van der Waals surface area contributed by atoms with E-state index in [0.29, 0.717) is 25.3 Å². The molecule has 5 heteroatoms. The van der Waals surface area contributed by atoms with Crippen LogP contribution in [0.15, 0.2) is 24.3 Å². The third kappa shape index (κ3) is 3.44. The summed E-state index contributed by atoms with van der Waals surface area (Å²) in [6.07, 6.45) is 0.212. The van der Waals surface area contributed by atoms with Crippen LogP contribution in [0.25, 0.3) is 0 Å². The van der Waals surface area contributed by atoms with Gasteiger partial charge in [-0.1, -0.05) is 12.1 Å². The van der Waals surface area contributed by atoms with E-state index in [1.165, 1.54) is 0 Å². The minimum absolute atomic E-state index is 0.151. The van der Waals surface area contributed by atoms with Gasteiger partial charge in [0.2, 0.25) is 0 Å². The fourth-order valence-electron chi connectivity index (χ4n) is 1.64. The van der Waals surface area contributed by atoms with E-state index in [9.17, 15) is 9.90 Å². The molecular formula is C12H14NO4. The van der Waals surface area contributed by atoms with Crippen molar-refractivity contribution < 1.29 is 19.7 Å². The Labute approximate surface area is 99.5 Å². The Morgan fingerprint density at radius 1 is 1.65 bits per heavy atom. The van der Waals surface area contributed by atoms with E-state index in [2.05, 4.69) is 6.07 Å². The zero-order valence-corrected chi connectivity index (χ0v) is 9.33. The zero-order valence-electron chi connectivity index (χ0n) is 9.33. The predicted octanol–water partition coefficient (Wildman–Crippen LogP) is 0.390. The molecule has 0 saturated carbocycles. The third-order valence-corrected chi connectivity index (χ3v) is 2.53. The summed E-state index contributed by atoms with van der Waals surface area (Å²) in [6.45, 7) is 0.797. The molecular weight excluding hydrogens is 222 g/mol. The SMILES string of the molecule is O=C(COOc1c[c]ccc1)N1CC[C@H](O)C1. The van der Waals surface area contributed by atoms with Crippen LogP contribution in [0.5, 0.6) is 5.75 Å². The number of hydrogen-bond acceptors (Lipinski definition) is 4. The summed E-state index contributed by atoms with van der Waals surface area (Å²) in [4.78, 5) is 22.9. The summed E-state index contributed by atoms with van der Waals surface area (Å²) in [5.41, 5.74) is 0. The second kappa shape index (κ2) is 5.65. The molecule has 1 amide bonds. The Morgan fingerprint density at radius 2 is 2.53 bits per heavy atom. The molecule has 17 heavy (non-hydrogen) atoms. The number of rotatable bonds is 4. The maximum atomic E-state index is 11.6. The number of aliphatic hydroxyl groups excluding tert-OH is 1. The average molecular weight is 236 g/mol. The van der Waals surface area contributed by atoms with Gasteiger partial charge >= 0.3 is 0 Å². The van der Waals surface area contributed by atoms with Gasteiger partial charge in [0.15, 0.2) is 12.4 Å². The largest absolute Gasteiger partial charge is 0.391 e. The lowest BCUT2D eigenvalue weighted by Gasteiger charge is -2.14. The lowest BCUT2D eigenvalue weighted by Crippen LogP contribution is -2.33. The highest BCUT2D eigenvalue weighted by molar-refractivity contribution is 5.77. The highest BCUT2D eigenvalue weighted by Gasteiger charge is 2.24. The van der Waals surface area contributed by atoms with E-state index in [0.717, 1.165) is 0 Å². The molecule has 91 valence electrons. The number of benzene rings is 1. The van der Waals surface area contributed by atoms with E-state index in [-0.39, 0.29) is 12.5 Å². The van der Waals surface area contributed by atoms with Crippen molar-refractivity contribution in [2.45, 2.75) is 12.5 Å². The van der Waals surface area contributed by atoms with Crippen LogP contribution in [0.3, 0.4) is 0 Å². The average Bonchev–Trinajstić information content (AvgIpc) is 2.77. The maximum absolute atomic E-state index is 11.6. The molecule has 1 heterocycles. The summed E-state index contributed by atoms with van der Waals surface area (Å²) in [5.74, 6) is 0.322. The fraction of sp³-hybridized carbons (Fsp3) is 0.417. The van der Waals surface area contributed by atoms with Crippen molar-refractivity contribution in [3.05, 3.63) is 30.3 Å². The van der Waals surface area contributed by atoms with Crippen molar-refractivity contribution in [3.63, 3.8) is 0 Å². The van der Waals surface area contributed by atoms with Crippen LogP contribution in [0.2, 0.25) is 0 Å². The second-order valence-corrected chi connectivity index (χ2v) is 3.87. The number of amides is 1. The van der Waals surface area contributed by atoms with E-state index in [1.54, 1.807) is 29.2 Å². The second-order valence-electron chi connectivity index (χ2n) is 3.87. The molecule has 1 aliphatic rings. The van der Waals surface area contributed by atoms with Gasteiger partial charge in [0.25, 0.3) is 5.91 Å². The number of hydrogen-bond donors (Lipinski definition) is 1. The van der Waals surface area contributed by atoms with Crippen molar-refractivity contribution in [1.29, 1.82) is 0 Å². The van der Waals surface area contributed by atoms with Crippen molar-refractivity contribution in [3.8, 4) is 5.75 Å². The number of carbonyl (C=O) groups excluding carboxylic acids is 1. The normalized spacial score (nSPS) is 19.4. The van der Waals surface area contributed by atoms with Crippen molar-refractivity contribution >= 4 is 5.91 Å². The number of nitrogens with zero attached hydrogens (tertiary/aromatic N) is 1. The summed E-state index contributed by atoms with van der Waals surface area (Å²) < 4.78 is 0. The zero-order chi connectivity index (χ0) is 12.1. The Kier molecular flexibility index (Phi) is 3.95. The van der Waals surface area contributed by atoms with Gasteiger partial charge in [0.1, 0.15) is 0 Å². The Hall–Kier alpha value is -1.59. The van der Waals surface area contributed by atoms with Gasteiger partial charge in [-0.15, -0.1) is 0 Å². The molecule has 0 bridgehead atoms. The first kappa shape index (κ1) is 11.9. The highest BCUT2D eigenvalue weighted by atomic mass is 17.2.